The minimum absolute atomic E-state index is 0.257. The first-order valence-electron chi connectivity index (χ1n) is 19.7. The van der Waals surface area contributed by atoms with E-state index in [-0.39, 0.29) is 5.75 Å². The van der Waals surface area contributed by atoms with Crippen molar-refractivity contribution < 1.29 is 9.52 Å². The number of hydrogen-bond donors (Lipinski definition) is 1. The molecule has 1 aliphatic rings. The Morgan fingerprint density at radius 3 is 1.59 bits per heavy atom. The molecular formula is C55H37NO2. The number of anilines is 3. The Hall–Kier alpha value is -7.62. The van der Waals surface area contributed by atoms with Gasteiger partial charge in [0.15, 0.2) is 0 Å². The number of nitrogens with zero attached hydrogens (tertiary/aromatic N) is 1. The molecule has 0 radical (unpaired) electrons. The van der Waals surface area contributed by atoms with E-state index in [0.29, 0.717) is 0 Å². The maximum Gasteiger partial charge on any atom is 0.143 e. The lowest BCUT2D eigenvalue weighted by molar-refractivity contribution is 0.475. The third-order valence-corrected chi connectivity index (χ3v) is 11.9. The second-order valence-electron chi connectivity index (χ2n) is 15.0. The van der Waals surface area contributed by atoms with Gasteiger partial charge in [0, 0.05) is 33.4 Å². The van der Waals surface area contributed by atoms with Crippen LogP contribution in [0, 0.1) is 0 Å². The Morgan fingerprint density at radius 2 is 0.897 bits per heavy atom. The summed E-state index contributed by atoms with van der Waals surface area (Å²) in [6.45, 7) is 0. The van der Waals surface area contributed by atoms with Gasteiger partial charge in [-0.1, -0.05) is 164 Å². The number of aromatic hydroxyl groups is 1. The zero-order valence-electron chi connectivity index (χ0n) is 31.6. The van der Waals surface area contributed by atoms with Gasteiger partial charge in [-0.15, -0.1) is 0 Å². The van der Waals surface area contributed by atoms with Gasteiger partial charge in [0.05, 0.1) is 5.41 Å². The second kappa shape index (κ2) is 13.5. The van der Waals surface area contributed by atoms with E-state index in [1.54, 1.807) is 12.1 Å². The summed E-state index contributed by atoms with van der Waals surface area (Å²) in [4.78, 5) is 2.36. The Bertz CT molecular complexity index is 3050. The second-order valence-corrected chi connectivity index (χ2v) is 15.0. The summed E-state index contributed by atoms with van der Waals surface area (Å²) in [5, 5.41) is 12.2. The van der Waals surface area contributed by atoms with Gasteiger partial charge in [0.1, 0.15) is 16.9 Å². The molecule has 0 unspecified atom stereocenters. The normalized spacial score (nSPS) is 12.7. The molecule has 0 spiro atoms. The van der Waals surface area contributed by atoms with Gasteiger partial charge in [-0.05, 0) is 105 Å². The van der Waals surface area contributed by atoms with Crippen molar-refractivity contribution in [3.8, 4) is 39.1 Å². The lowest BCUT2D eigenvalue weighted by atomic mass is 9.67. The molecule has 9 aromatic carbocycles. The Morgan fingerprint density at radius 1 is 0.379 bits per heavy atom. The molecule has 1 N–H and O–H groups in total. The van der Waals surface area contributed by atoms with Crippen LogP contribution in [-0.4, -0.2) is 5.11 Å². The predicted octanol–water partition coefficient (Wildman–Crippen LogP) is 14.5. The molecule has 1 aliphatic carbocycles. The summed E-state index contributed by atoms with van der Waals surface area (Å²) in [5.41, 5.74) is 16.2. The molecule has 58 heavy (non-hydrogen) atoms. The summed E-state index contributed by atoms with van der Waals surface area (Å²) in [6.07, 6.45) is 0. The molecule has 3 nitrogen and oxygen atoms in total. The first-order valence-corrected chi connectivity index (χ1v) is 19.7. The molecule has 0 bridgehead atoms. The molecule has 0 atom stereocenters. The molecule has 274 valence electrons. The van der Waals surface area contributed by atoms with E-state index in [0.717, 1.165) is 61.3 Å². The monoisotopic (exact) mass is 743 g/mol. The third-order valence-electron chi connectivity index (χ3n) is 11.9. The van der Waals surface area contributed by atoms with Crippen molar-refractivity contribution in [2.24, 2.45) is 0 Å². The number of phenolic OH excluding ortho intramolecular Hbond substituents is 1. The van der Waals surface area contributed by atoms with Gasteiger partial charge in [-0.2, -0.15) is 0 Å². The smallest absolute Gasteiger partial charge is 0.143 e. The lowest BCUT2D eigenvalue weighted by Gasteiger charge is -2.35. The maximum absolute atomic E-state index is 9.94. The first kappa shape index (κ1) is 33.7. The standard InChI is InChI=1S/C55H37NO2/c57-45-33-26-38(27-34-45)37-22-28-42(29-23-37)56(43-30-24-39(25-31-43)46-18-11-19-50-49-17-8-10-21-53(49)58-54(46)50)44-32-35-48-47-16-7-9-20-51(47)55(52(48)36-44,40-12-3-1-4-13-40)41-14-5-2-6-15-41/h1-36,57H. The summed E-state index contributed by atoms with van der Waals surface area (Å²) in [7, 11) is 0. The fourth-order valence-electron chi connectivity index (χ4n) is 9.24. The maximum atomic E-state index is 9.94. The molecule has 1 aromatic heterocycles. The van der Waals surface area contributed by atoms with E-state index in [1.165, 1.54) is 33.4 Å². The molecule has 0 saturated heterocycles. The number of fused-ring (bicyclic) bond motifs is 6. The van der Waals surface area contributed by atoms with Gasteiger partial charge in [-0.25, -0.2) is 0 Å². The first-order chi connectivity index (χ1) is 28.7. The Balaban J connectivity index is 1.10. The van der Waals surface area contributed by atoms with Crippen LogP contribution in [0.25, 0.3) is 55.3 Å². The lowest BCUT2D eigenvalue weighted by Crippen LogP contribution is -2.28. The van der Waals surface area contributed by atoms with Crippen LogP contribution in [0.1, 0.15) is 22.3 Å². The van der Waals surface area contributed by atoms with E-state index < -0.39 is 5.41 Å². The molecule has 1 heterocycles. The van der Waals surface area contributed by atoms with Crippen molar-refractivity contribution in [2.75, 3.05) is 4.90 Å². The zero-order chi connectivity index (χ0) is 38.6. The molecule has 0 saturated carbocycles. The number of phenols is 1. The van der Waals surface area contributed by atoms with Crippen molar-refractivity contribution in [2.45, 2.75) is 5.41 Å². The van der Waals surface area contributed by atoms with Crippen molar-refractivity contribution in [3.63, 3.8) is 0 Å². The summed E-state index contributed by atoms with van der Waals surface area (Å²) < 4.78 is 6.45. The van der Waals surface area contributed by atoms with Crippen molar-refractivity contribution in [1.29, 1.82) is 0 Å². The van der Waals surface area contributed by atoms with Crippen LogP contribution in [-0.2, 0) is 5.41 Å². The highest BCUT2D eigenvalue weighted by Crippen LogP contribution is 2.57. The van der Waals surface area contributed by atoms with Gasteiger partial charge >= 0.3 is 0 Å². The minimum atomic E-state index is -0.520. The topological polar surface area (TPSA) is 36.6 Å². The number of rotatable bonds is 7. The molecule has 11 rings (SSSR count). The van der Waals surface area contributed by atoms with E-state index in [1.807, 2.05) is 24.3 Å². The number of furan rings is 1. The average molecular weight is 744 g/mol. The Kier molecular flexibility index (Phi) is 7.87. The van der Waals surface area contributed by atoms with Crippen LogP contribution in [0.3, 0.4) is 0 Å². The average Bonchev–Trinajstić information content (AvgIpc) is 3.82. The molecule has 0 fully saturated rings. The van der Waals surface area contributed by atoms with Gasteiger partial charge in [-0.3, -0.25) is 0 Å². The molecular weight excluding hydrogens is 707 g/mol. The van der Waals surface area contributed by atoms with E-state index in [4.69, 9.17) is 4.42 Å². The fraction of sp³-hybridized carbons (Fsp3) is 0.0182. The Labute approximate surface area is 337 Å². The highest BCUT2D eigenvalue weighted by atomic mass is 16.3. The van der Waals surface area contributed by atoms with Crippen molar-refractivity contribution in [3.05, 3.63) is 241 Å². The molecule has 10 aromatic rings. The van der Waals surface area contributed by atoms with E-state index >= 15 is 0 Å². The summed E-state index contributed by atoms with van der Waals surface area (Å²) in [5.74, 6) is 0.257. The quantitative estimate of drug-likeness (QED) is 0.177. The highest BCUT2D eigenvalue weighted by molar-refractivity contribution is 6.09. The van der Waals surface area contributed by atoms with Crippen molar-refractivity contribution >= 4 is 39.0 Å². The summed E-state index contributed by atoms with van der Waals surface area (Å²) in [6, 6.07) is 77.3. The largest absolute Gasteiger partial charge is 0.508 e. The molecule has 3 heteroatoms. The van der Waals surface area contributed by atoms with Crippen LogP contribution in [0.5, 0.6) is 5.75 Å². The van der Waals surface area contributed by atoms with E-state index in [9.17, 15) is 5.11 Å². The molecule has 0 amide bonds. The third kappa shape index (κ3) is 5.28. The van der Waals surface area contributed by atoms with Gasteiger partial charge < -0.3 is 14.4 Å². The van der Waals surface area contributed by atoms with E-state index in [2.05, 4.69) is 187 Å². The number of benzene rings is 9. The zero-order valence-corrected chi connectivity index (χ0v) is 31.6. The van der Waals surface area contributed by atoms with Crippen LogP contribution >= 0.6 is 0 Å². The fourth-order valence-corrected chi connectivity index (χ4v) is 9.24. The van der Waals surface area contributed by atoms with Crippen LogP contribution in [0.2, 0.25) is 0 Å². The summed E-state index contributed by atoms with van der Waals surface area (Å²) >= 11 is 0. The van der Waals surface area contributed by atoms with Gasteiger partial charge in [0.2, 0.25) is 0 Å². The SMILES string of the molecule is Oc1ccc(-c2ccc(N(c3ccc(-c4cccc5c4oc4ccccc45)cc3)c3ccc4c(c3)C(c3ccccc3)(c3ccccc3)c3ccccc3-4)cc2)cc1. The minimum Gasteiger partial charge on any atom is -0.508 e. The predicted molar refractivity (Wildman–Crippen MR) is 238 cm³/mol. The van der Waals surface area contributed by atoms with Crippen LogP contribution in [0.15, 0.2) is 223 Å². The number of para-hydroxylation sites is 2. The van der Waals surface area contributed by atoms with Crippen LogP contribution < -0.4 is 4.90 Å². The number of hydrogen-bond acceptors (Lipinski definition) is 3. The van der Waals surface area contributed by atoms with Crippen LogP contribution in [0.4, 0.5) is 17.1 Å². The molecule has 0 aliphatic heterocycles. The van der Waals surface area contributed by atoms with Gasteiger partial charge in [0.25, 0.3) is 0 Å². The highest BCUT2D eigenvalue weighted by Gasteiger charge is 2.46. The van der Waals surface area contributed by atoms with Crippen molar-refractivity contribution in [1.82, 2.24) is 0 Å².